The van der Waals surface area contributed by atoms with E-state index >= 15 is 0 Å². The van der Waals surface area contributed by atoms with Crippen LogP contribution in [0.4, 0.5) is 0 Å². The fraction of sp³-hybridized carbons (Fsp3) is 0.727. The Balaban J connectivity index is 0. The van der Waals surface area contributed by atoms with Crippen LogP contribution in [0.1, 0.15) is 19.3 Å². The van der Waals surface area contributed by atoms with Gasteiger partial charge in [0.15, 0.2) is 6.10 Å². The summed E-state index contributed by atoms with van der Waals surface area (Å²) in [5.74, 6) is -2.83. The summed E-state index contributed by atoms with van der Waals surface area (Å²) < 4.78 is 5.44. The SMILES string of the molecule is C[N+](C)(C)C[C@@H](CC(=O)O)OC(=O)CCC(=O)O.[Ca+2]. The van der Waals surface area contributed by atoms with Crippen molar-refractivity contribution >= 4 is 55.6 Å². The predicted octanol–water partition coefficient (Wildman–Crippen LogP) is -0.437. The van der Waals surface area contributed by atoms with Crippen molar-refractivity contribution < 1.29 is 33.8 Å². The van der Waals surface area contributed by atoms with E-state index in [-0.39, 0.29) is 57.0 Å². The number of carbonyl (C=O) groups excluding carboxylic acids is 1. The van der Waals surface area contributed by atoms with Crippen molar-refractivity contribution in [1.82, 2.24) is 0 Å². The van der Waals surface area contributed by atoms with E-state index in [1.165, 1.54) is 0 Å². The second kappa shape index (κ2) is 9.52. The maximum Gasteiger partial charge on any atom is 2.00 e. The van der Waals surface area contributed by atoms with E-state index in [1.807, 2.05) is 21.1 Å². The number of esters is 1. The normalized spacial score (nSPS) is 12.2. The summed E-state index contributed by atoms with van der Waals surface area (Å²) in [6.45, 7) is 0.352. The predicted molar refractivity (Wildman–Crippen MR) is 67.7 cm³/mol. The van der Waals surface area contributed by atoms with Gasteiger partial charge in [0.1, 0.15) is 6.54 Å². The Kier molecular flexibility index (Phi) is 10.5. The van der Waals surface area contributed by atoms with Gasteiger partial charge < -0.3 is 19.4 Å². The van der Waals surface area contributed by atoms with Gasteiger partial charge in [0, 0.05) is 0 Å². The topological polar surface area (TPSA) is 101 Å². The molecule has 0 radical (unpaired) electrons. The molecule has 1 atom stereocenters. The molecule has 0 aliphatic rings. The van der Waals surface area contributed by atoms with Gasteiger partial charge >= 0.3 is 55.6 Å². The summed E-state index contributed by atoms with van der Waals surface area (Å²) in [4.78, 5) is 32.3. The van der Waals surface area contributed by atoms with Crippen LogP contribution < -0.4 is 0 Å². The van der Waals surface area contributed by atoms with Crippen LogP contribution in [0.25, 0.3) is 0 Å². The van der Waals surface area contributed by atoms with E-state index in [9.17, 15) is 14.4 Å². The summed E-state index contributed by atoms with van der Waals surface area (Å²) in [5, 5.41) is 17.1. The van der Waals surface area contributed by atoms with E-state index in [0.29, 0.717) is 11.0 Å². The summed E-state index contributed by atoms with van der Waals surface area (Å²) in [7, 11) is 5.54. The van der Waals surface area contributed by atoms with Gasteiger partial charge in [-0.15, -0.1) is 0 Å². The maximum atomic E-state index is 11.3. The molecule has 104 valence electrons. The second-order valence-corrected chi connectivity index (χ2v) is 5.08. The number of rotatable bonds is 8. The van der Waals surface area contributed by atoms with Crippen LogP contribution >= 0.6 is 0 Å². The molecule has 0 rings (SSSR count). The first-order chi connectivity index (χ1) is 8.10. The smallest absolute Gasteiger partial charge is 0.481 e. The largest absolute Gasteiger partial charge is 2.00 e. The average molecular weight is 302 g/mol. The fourth-order valence-corrected chi connectivity index (χ4v) is 1.40. The molecule has 0 unspecified atom stereocenters. The number of hydrogen-bond acceptors (Lipinski definition) is 4. The molecule has 0 saturated carbocycles. The summed E-state index contributed by atoms with van der Waals surface area (Å²) in [5.41, 5.74) is 0. The van der Waals surface area contributed by atoms with Crippen LogP contribution in [0.15, 0.2) is 0 Å². The van der Waals surface area contributed by atoms with Gasteiger partial charge in [-0.1, -0.05) is 0 Å². The molecule has 0 aromatic carbocycles. The number of carbonyl (C=O) groups is 3. The van der Waals surface area contributed by atoms with Crippen molar-refractivity contribution in [2.45, 2.75) is 25.4 Å². The molecule has 0 aromatic rings. The van der Waals surface area contributed by atoms with Gasteiger partial charge in [-0.3, -0.25) is 14.4 Å². The van der Waals surface area contributed by atoms with Crippen LogP contribution in [0.5, 0.6) is 0 Å². The fourth-order valence-electron chi connectivity index (χ4n) is 1.40. The number of nitrogens with zero attached hydrogens (tertiary/aromatic N) is 1. The number of likely N-dealkylation sites (N-methyl/N-ethyl adjacent to an activating group) is 1. The first kappa shape index (κ1) is 20.9. The second-order valence-electron chi connectivity index (χ2n) is 5.08. The Bertz CT molecular complexity index is 326. The maximum absolute atomic E-state index is 11.3. The van der Waals surface area contributed by atoms with Crippen LogP contribution in [0.2, 0.25) is 0 Å². The molecule has 0 aromatic heterocycles. The number of carboxylic acid groups (broad SMARTS) is 2. The Hall–Kier alpha value is -0.370. The van der Waals surface area contributed by atoms with Crippen LogP contribution in [-0.2, 0) is 19.1 Å². The molecule has 0 fully saturated rings. The van der Waals surface area contributed by atoms with Gasteiger partial charge in [0.2, 0.25) is 0 Å². The van der Waals surface area contributed by atoms with Crippen LogP contribution in [0.3, 0.4) is 0 Å². The molecule has 0 aliphatic carbocycles. The van der Waals surface area contributed by atoms with Crippen molar-refractivity contribution in [3.63, 3.8) is 0 Å². The van der Waals surface area contributed by atoms with Crippen molar-refractivity contribution in [3.8, 4) is 0 Å². The van der Waals surface area contributed by atoms with E-state index < -0.39 is 24.0 Å². The van der Waals surface area contributed by atoms with E-state index in [4.69, 9.17) is 14.9 Å². The molecule has 0 spiro atoms. The molecule has 8 heteroatoms. The molecule has 7 nitrogen and oxygen atoms in total. The minimum absolute atomic E-state index is 0. The van der Waals surface area contributed by atoms with Gasteiger partial charge in [-0.25, -0.2) is 0 Å². The first-order valence-corrected chi connectivity index (χ1v) is 5.53. The van der Waals surface area contributed by atoms with Crippen molar-refractivity contribution in [2.24, 2.45) is 0 Å². The zero-order valence-electron chi connectivity index (χ0n) is 11.6. The molecule has 0 saturated heterocycles. The van der Waals surface area contributed by atoms with Gasteiger partial charge in [0.25, 0.3) is 0 Å². The van der Waals surface area contributed by atoms with Crippen molar-refractivity contribution in [3.05, 3.63) is 0 Å². The Labute approximate surface area is 142 Å². The monoisotopic (exact) mass is 302 g/mol. The van der Waals surface area contributed by atoms with E-state index in [1.54, 1.807) is 0 Å². The Morgan fingerprint density at radius 1 is 1.05 bits per heavy atom. The van der Waals surface area contributed by atoms with Crippen molar-refractivity contribution in [1.29, 1.82) is 0 Å². The van der Waals surface area contributed by atoms with Gasteiger partial charge in [-0.2, -0.15) is 0 Å². The Morgan fingerprint density at radius 2 is 1.58 bits per heavy atom. The summed E-state index contributed by atoms with van der Waals surface area (Å²) in [6.07, 6.45) is -1.59. The molecular formula is C11H20CaNO6+3. The molecule has 0 bridgehead atoms. The van der Waals surface area contributed by atoms with Crippen LogP contribution in [0, 0.1) is 0 Å². The molecule has 19 heavy (non-hydrogen) atoms. The third-order valence-electron chi connectivity index (χ3n) is 1.99. The van der Waals surface area contributed by atoms with E-state index in [2.05, 4.69) is 0 Å². The van der Waals surface area contributed by atoms with E-state index in [0.717, 1.165) is 0 Å². The van der Waals surface area contributed by atoms with Gasteiger partial charge in [-0.05, 0) is 0 Å². The third-order valence-corrected chi connectivity index (χ3v) is 1.99. The average Bonchev–Trinajstić information content (AvgIpc) is 2.10. The number of ether oxygens (including phenoxy) is 1. The number of carboxylic acids is 2. The number of aliphatic carboxylic acids is 2. The van der Waals surface area contributed by atoms with Gasteiger partial charge in [0.05, 0.1) is 40.4 Å². The first-order valence-electron chi connectivity index (χ1n) is 5.53. The molecule has 2 N–H and O–H groups in total. The zero-order chi connectivity index (χ0) is 14.3. The molecule has 0 aliphatic heterocycles. The zero-order valence-corrected chi connectivity index (χ0v) is 13.8. The standard InChI is InChI=1S/C11H19NO6.Ca/c1-12(2,3)7-8(6-10(15)16)18-11(17)5-4-9(13)14;/h8H,4-7H2,1-3H3,(H-,13,14,15,16);/q;+2/p+1/t8-;/m1./s1. The molecule has 0 heterocycles. The molecule has 0 amide bonds. The van der Waals surface area contributed by atoms with Crippen LogP contribution in [-0.4, -0.2) is 104 Å². The third kappa shape index (κ3) is 13.9. The molecular weight excluding hydrogens is 282 g/mol. The number of hydrogen-bond donors (Lipinski definition) is 2. The quantitative estimate of drug-likeness (QED) is 0.358. The Morgan fingerprint density at radius 3 is 1.95 bits per heavy atom. The summed E-state index contributed by atoms with van der Waals surface area (Å²) in [6, 6.07) is 0. The minimum atomic E-state index is -1.09. The van der Waals surface area contributed by atoms with Crippen molar-refractivity contribution in [2.75, 3.05) is 27.7 Å². The summed E-state index contributed by atoms with van der Waals surface area (Å²) >= 11 is 0. The minimum Gasteiger partial charge on any atom is -0.481 e. The number of quaternary nitrogens is 1.